The third-order valence-corrected chi connectivity index (χ3v) is 7.01. The molecule has 0 spiro atoms. The molecule has 4 bridgehead atoms. The van der Waals surface area contributed by atoms with E-state index >= 15 is 0 Å². The minimum absolute atomic E-state index is 0.0327. The zero-order chi connectivity index (χ0) is 20.0. The topological polar surface area (TPSA) is 85.6 Å². The fourth-order valence-corrected chi connectivity index (χ4v) is 6.12. The van der Waals surface area contributed by atoms with Gasteiger partial charge in [0.25, 0.3) is 0 Å². The number of ketones is 1. The third kappa shape index (κ3) is 3.29. The monoisotopic (exact) mass is 393 g/mol. The SMILES string of the molecule is N#CC(=Cc1ccc2c(c1)OCO2)C(=O)OCC(=O)C12CC3CC(CC(C3)C1)C2. The first-order valence-electron chi connectivity index (χ1n) is 10.3. The van der Waals surface area contributed by atoms with E-state index in [0.717, 1.165) is 19.3 Å². The molecule has 0 saturated heterocycles. The number of carbonyl (C=O) groups excluding carboxylic acids is 2. The first-order chi connectivity index (χ1) is 14.0. The van der Waals surface area contributed by atoms with Crippen LogP contribution in [0.2, 0.25) is 0 Å². The second-order valence-corrected chi connectivity index (χ2v) is 8.98. The quantitative estimate of drug-likeness (QED) is 0.431. The molecule has 1 aliphatic heterocycles. The van der Waals surface area contributed by atoms with Gasteiger partial charge in [-0.3, -0.25) is 4.79 Å². The molecule has 6 rings (SSSR count). The van der Waals surface area contributed by atoms with Gasteiger partial charge < -0.3 is 14.2 Å². The lowest BCUT2D eigenvalue weighted by atomic mass is 9.48. The van der Waals surface area contributed by atoms with Gasteiger partial charge in [-0.25, -0.2) is 4.79 Å². The highest BCUT2D eigenvalue weighted by Crippen LogP contribution is 2.60. The second-order valence-electron chi connectivity index (χ2n) is 8.98. The zero-order valence-corrected chi connectivity index (χ0v) is 16.2. The number of hydrogen-bond donors (Lipinski definition) is 0. The smallest absolute Gasteiger partial charge is 0.349 e. The third-order valence-electron chi connectivity index (χ3n) is 7.01. The van der Waals surface area contributed by atoms with Gasteiger partial charge in [-0.1, -0.05) is 6.07 Å². The Balaban J connectivity index is 1.25. The highest BCUT2D eigenvalue weighted by molar-refractivity contribution is 5.99. The highest BCUT2D eigenvalue weighted by Gasteiger charge is 2.54. The maximum absolute atomic E-state index is 13.0. The van der Waals surface area contributed by atoms with Gasteiger partial charge in [-0.15, -0.1) is 0 Å². The van der Waals surface area contributed by atoms with Crippen molar-refractivity contribution in [1.29, 1.82) is 5.26 Å². The molecule has 0 aromatic heterocycles. The molecule has 4 saturated carbocycles. The molecule has 1 aromatic rings. The Bertz CT molecular complexity index is 906. The number of ether oxygens (including phenoxy) is 3. The average molecular weight is 393 g/mol. The van der Waals surface area contributed by atoms with Crippen molar-refractivity contribution in [3.8, 4) is 17.6 Å². The minimum atomic E-state index is -0.761. The van der Waals surface area contributed by atoms with Gasteiger partial charge in [0.05, 0.1) is 0 Å². The number of benzene rings is 1. The van der Waals surface area contributed by atoms with Gasteiger partial charge in [0, 0.05) is 5.41 Å². The summed E-state index contributed by atoms with van der Waals surface area (Å²) >= 11 is 0. The summed E-state index contributed by atoms with van der Waals surface area (Å²) in [6, 6.07) is 7.04. The number of nitrogens with zero attached hydrogens (tertiary/aromatic N) is 1. The van der Waals surface area contributed by atoms with Gasteiger partial charge in [0.1, 0.15) is 11.6 Å². The first-order valence-corrected chi connectivity index (χ1v) is 10.3. The summed E-state index contributed by atoms with van der Waals surface area (Å²) in [6.07, 6.45) is 8.02. The Morgan fingerprint density at radius 3 is 2.41 bits per heavy atom. The van der Waals surface area contributed by atoms with Gasteiger partial charge in [-0.2, -0.15) is 5.26 Å². The van der Waals surface area contributed by atoms with Crippen LogP contribution in [0.3, 0.4) is 0 Å². The van der Waals surface area contributed by atoms with Crippen molar-refractivity contribution >= 4 is 17.8 Å². The maximum Gasteiger partial charge on any atom is 0.349 e. The summed E-state index contributed by atoms with van der Waals surface area (Å²) in [6.45, 7) is -0.0900. The molecule has 1 heterocycles. The molecule has 29 heavy (non-hydrogen) atoms. The fraction of sp³-hybridized carbons (Fsp3) is 0.522. The Morgan fingerprint density at radius 1 is 1.10 bits per heavy atom. The van der Waals surface area contributed by atoms with Crippen LogP contribution in [0, 0.1) is 34.5 Å². The van der Waals surface area contributed by atoms with Gasteiger partial charge in [0.2, 0.25) is 6.79 Å². The number of carbonyl (C=O) groups is 2. The van der Waals surface area contributed by atoms with Crippen molar-refractivity contribution in [2.75, 3.05) is 13.4 Å². The molecule has 0 unspecified atom stereocenters. The van der Waals surface area contributed by atoms with Crippen LogP contribution in [-0.2, 0) is 14.3 Å². The zero-order valence-electron chi connectivity index (χ0n) is 16.2. The van der Waals surface area contributed by atoms with E-state index in [2.05, 4.69) is 0 Å². The average Bonchev–Trinajstić information content (AvgIpc) is 3.16. The Labute approximate surface area is 169 Å². The summed E-state index contributed by atoms with van der Waals surface area (Å²) in [5.74, 6) is 2.43. The molecule has 0 radical (unpaired) electrons. The van der Waals surface area contributed by atoms with Crippen LogP contribution in [0.4, 0.5) is 0 Å². The lowest BCUT2D eigenvalue weighted by Gasteiger charge is -2.55. The van der Waals surface area contributed by atoms with Crippen LogP contribution >= 0.6 is 0 Å². The fourth-order valence-electron chi connectivity index (χ4n) is 6.12. The van der Waals surface area contributed by atoms with Crippen LogP contribution < -0.4 is 9.47 Å². The number of esters is 1. The van der Waals surface area contributed by atoms with Crippen molar-refractivity contribution in [3.05, 3.63) is 29.3 Å². The number of hydrogen-bond acceptors (Lipinski definition) is 6. The summed E-state index contributed by atoms with van der Waals surface area (Å²) < 4.78 is 15.9. The Kier molecular flexibility index (Phi) is 4.34. The number of nitriles is 1. The number of fused-ring (bicyclic) bond motifs is 1. The lowest BCUT2D eigenvalue weighted by Crippen LogP contribution is -2.51. The lowest BCUT2D eigenvalue weighted by molar-refractivity contribution is -0.155. The molecule has 4 fully saturated rings. The molecule has 6 nitrogen and oxygen atoms in total. The molecular weight excluding hydrogens is 370 g/mol. The summed E-state index contributed by atoms with van der Waals surface area (Å²) in [7, 11) is 0. The van der Waals surface area contributed by atoms with Crippen molar-refractivity contribution in [2.24, 2.45) is 23.2 Å². The molecular formula is C23H23NO5. The minimum Gasteiger partial charge on any atom is -0.454 e. The largest absolute Gasteiger partial charge is 0.454 e. The molecule has 0 N–H and O–H groups in total. The van der Waals surface area contributed by atoms with Crippen LogP contribution in [0.15, 0.2) is 23.8 Å². The molecule has 150 valence electrons. The maximum atomic E-state index is 13.0. The van der Waals surface area contributed by atoms with Crippen LogP contribution in [-0.4, -0.2) is 25.2 Å². The van der Waals surface area contributed by atoms with Crippen molar-refractivity contribution in [2.45, 2.75) is 38.5 Å². The van der Waals surface area contributed by atoms with Crippen LogP contribution in [0.25, 0.3) is 6.08 Å². The van der Waals surface area contributed by atoms with E-state index in [-0.39, 0.29) is 30.2 Å². The van der Waals surface area contributed by atoms with E-state index < -0.39 is 5.97 Å². The first kappa shape index (κ1) is 18.2. The molecule has 0 atom stereocenters. The van der Waals surface area contributed by atoms with E-state index in [1.54, 1.807) is 18.2 Å². The van der Waals surface area contributed by atoms with Gasteiger partial charge in [0.15, 0.2) is 23.9 Å². The summed E-state index contributed by atoms with van der Waals surface area (Å²) in [5, 5.41) is 9.39. The van der Waals surface area contributed by atoms with Gasteiger partial charge >= 0.3 is 5.97 Å². The Hall–Kier alpha value is -2.81. The van der Waals surface area contributed by atoms with Gasteiger partial charge in [-0.05, 0) is 80.1 Å². The van der Waals surface area contributed by atoms with E-state index in [1.165, 1.54) is 25.3 Å². The van der Waals surface area contributed by atoms with Crippen LogP contribution in [0.1, 0.15) is 44.1 Å². The molecule has 5 aliphatic rings. The molecule has 0 amide bonds. The molecule has 6 heteroatoms. The predicted octanol–water partition coefficient (Wildman–Crippen LogP) is 3.65. The highest BCUT2D eigenvalue weighted by atomic mass is 16.7. The summed E-state index contributed by atoms with van der Waals surface area (Å²) in [4.78, 5) is 25.4. The normalized spacial score (nSPS) is 31.4. The van der Waals surface area contributed by atoms with E-state index in [9.17, 15) is 14.9 Å². The Morgan fingerprint density at radius 2 is 1.76 bits per heavy atom. The van der Waals surface area contributed by atoms with Crippen molar-refractivity contribution in [1.82, 2.24) is 0 Å². The number of Topliss-reactive ketones (excluding diaryl/α,β-unsaturated/α-hetero) is 1. The molecule has 1 aromatic carbocycles. The standard InChI is InChI=1S/C23H23NO5/c24-11-18(6-14-1-2-19-20(7-14)29-13-28-19)22(26)27-12-21(25)23-8-15-3-16(9-23)5-17(4-15)10-23/h1-2,6-7,15-17H,3-5,8-10,12-13H2. The van der Waals surface area contributed by atoms with E-state index in [0.29, 0.717) is 34.8 Å². The van der Waals surface area contributed by atoms with E-state index in [1.807, 2.05) is 6.07 Å². The predicted molar refractivity (Wildman–Crippen MR) is 103 cm³/mol. The van der Waals surface area contributed by atoms with Crippen LogP contribution in [0.5, 0.6) is 11.5 Å². The van der Waals surface area contributed by atoms with Crippen molar-refractivity contribution in [3.63, 3.8) is 0 Å². The molecule has 4 aliphatic carbocycles. The number of rotatable bonds is 5. The van der Waals surface area contributed by atoms with Crippen molar-refractivity contribution < 1.29 is 23.8 Å². The second kappa shape index (κ2) is 6.91. The van der Waals surface area contributed by atoms with E-state index in [4.69, 9.17) is 14.2 Å². The summed E-state index contributed by atoms with van der Waals surface area (Å²) in [5.41, 5.74) is 0.195.